The Bertz CT molecular complexity index is 705. The number of fused-ring (bicyclic) bond motifs is 1. The van der Waals surface area contributed by atoms with Crippen molar-refractivity contribution in [3.05, 3.63) is 60.2 Å². The van der Waals surface area contributed by atoms with E-state index >= 15 is 0 Å². The molecule has 3 rings (SSSR count). The molecule has 0 aromatic carbocycles. The van der Waals surface area contributed by atoms with E-state index in [1.165, 1.54) is 5.56 Å². The average molecular weight is 267 g/mol. The first-order chi connectivity index (χ1) is 9.79. The summed E-state index contributed by atoms with van der Waals surface area (Å²) in [6, 6.07) is 9.97. The molecule has 0 aliphatic carbocycles. The highest BCUT2D eigenvalue weighted by Crippen LogP contribution is 2.21. The Hall–Kier alpha value is -2.40. The second-order valence-electron chi connectivity index (χ2n) is 4.73. The van der Waals surface area contributed by atoms with Crippen LogP contribution in [0.2, 0.25) is 0 Å². The van der Waals surface area contributed by atoms with Gasteiger partial charge in [0.05, 0.1) is 5.69 Å². The van der Waals surface area contributed by atoms with Crippen LogP contribution in [-0.2, 0) is 13.1 Å². The van der Waals surface area contributed by atoms with Gasteiger partial charge < -0.3 is 15.0 Å². The Kier molecular flexibility index (Phi) is 3.35. The van der Waals surface area contributed by atoms with Crippen molar-refractivity contribution in [1.29, 1.82) is 0 Å². The normalized spacial score (nSPS) is 10.9. The maximum Gasteiger partial charge on any atom is 0.152 e. The zero-order valence-corrected chi connectivity index (χ0v) is 11.4. The highest BCUT2D eigenvalue weighted by atomic mass is 15.2. The first-order valence-electron chi connectivity index (χ1n) is 6.55. The van der Waals surface area contributed by atoms with Gasteiger partial charge in [0, 0.05) is 38.7 Å². The van der Waals surface area contributed by atoms with Crippen LogP contribution in [0.5, 0.6) is 0 Å². The second-order valence-corrected chi connectivity index (χ2v) is 4.73. The van der Waals surface area contributed by atoms with E-state index in [0.717, 1.165) is 23.7 Å². The van der Waals surface area contributed by atoms with Crippen molar-refractivity contribution in [1.82, 2.24) is 14.4 Å². The van der Waals surface area contributed by atoms with Crippen molar-refractivity contribution in [2.24, 2.45) is 5.73 Å². The molecule has 0 atom stereocenters. The van der Waals surface area contributed by atoms with Crippen molar-refractivity contribution in [3.63, 3.8) is 0 Å². The number of hydrogen-bond donors (Lipinski definition) is 1. The number of pyridine rings is 2. The molecule has 20 heavy (non-hydrogen) atoms. The van der Waals surface area contributed by atoms with E-state index in [1.807, 2.05) is 48.0 Å². The Labute approximate surface area is 117 Å². The van der Waals surface area contributed by atoms with Crippen molar-refractivity contribution >= 4 is 11.5 Å². The van der Waals surface area contributed by atoms with Crippen molar-refractivity contribution in [3.8, 4) is 0 Å². The molecule has 3 heterocycles. The van der Waals surface area contributed by atoms with Gasteiger partial charge in [0.2, 0.25) is 0 Å². The van der Waals surface area contributed by atoms with E-state index in [0.29, 0.717) is 6.54 Å². The molecule has 5 nitrogen and oxygen atoms in total. The Morgan fingerprint density at radius 1 is 1.20 bits per heavy atom. The maximum absolute atomic E-state index is 5.89. The third-order valence-corrected chi connectivity index (χ3v) is 3.33. The number of nitrogens with two attached hydrogens (primary N) is 1. The van der Waals surface area contributed by atoms with E-state index in [1.54, 1.807) is 12.4 Å². The first kappa shape index (κ1) is 12.6. The summed E-state index contributed by atoms with van der Waals surface area (Å²) in [5.41, 5.74) is 9.04. The molecular formula is C15H17N5. The highest BCUT2D eigenvalue weighted by Gasteiger charge is 2.14. The second kappa shape index (κ2) is 5.30. The summed E-state index contributed by atoms with van der Waals surface area (Å²) in [6.07, 6.45) is 5.60. The molecule has 3 aromatic heterocycles. The maximum atomic E-state index is 5.89. The van der Waals surface area contributed by atoms with E-state index < -0.39 is 0 Å². The number of aromatic nitrogens is 3. The largest absolute Gasteiger partial charge is 0.354 e. The van der Waals surface area contributed by atoms with Crippen molar-refractivity contribution in [2.75, 3.05) is 11.9 Å². The average Bonchev–Trinajstić information content (AvgIpc) is 2.87. The molecule has 0 aliphatic rings. The number of rotatable bonds is 4. The van der Waals surface area contributed by atoms with Gasteiger partial charge in [-0.3, -0.25) is 4.98 Å². The smallest absolute Gasteiger partial charge is 0.152 e. The fourth-order valence-corrected chi connectivity index (χ4v) is 2.37. The van der Waals surface area contributed by atoms with Crippen LogP contribution in [0.4, 0.5) is 5.82 Å². The Morgan fingerprint density at radius 2 is 2.00 bits per heavy atom. The van der Waals surface area contributed by atoms with E-state index in [9.17, 15) is 0 Å². The summed E-state index contributed by atoms with van der Waals surface area (Å²) in [7, 11) is 2.03. The molecule has 0 amide bonds. The highest BCUT2D eigenvalue weighted by molar-refractivity contribution is 5.55. The van der Waals surface area contributed by atoms with Gasteiger partial charge in [0.1, 0.15) is 5.65 Å². The van der Waals surface area contributed by atoms with Crippen LogP contribution < -0.4 is 10.6 Å². The van der Waals surface area contributed by atoms with E-state index in [4.69, 9.17) is 5.73 Å². The van der Waals surface area contributed by atoms with Crippen LogP contribution in [0, 0.1) is 0 Å². The summed E-state index contributed by atoms with van der Waals surface area (Å²) >= 11 is 0. The van der Waals surface area contributed by atoms with Crippen LogP contribution in [0.3, 0.4) is 0 Å². The Morgan fingerprint density at radius 3 is 2.75 bits per heavy atom. The minimum absolute atomic E-state index is 0.460. The van der Waals surface area contributed by atoms with Gasteiger partial charge in [0.15, 0.2) is 5.82 Å². The van der Waals surface area contributed by atoms with Crippen molar-refractivity contribution in [2.45, 2.75) is 13.1 Å². The molecule has 0 saturated heterocycles. The SMILES string of the molecule is CN(Cc1ccncc1)c1nc2ccccn2c1CN. The molecule has 0 unspecified atom stereocenters. The lowest BCUT2D eigenvalue weighted by molar-refractivity contribution is 0.871. The zero-order chi connectivity index (χ0) is 13.9. The van der Waals surface area contributed by atoms with Crippen molar-refractivity contribution < 1.29 is 0 Å². The standard InChI is InChI=1S/C15H17N5/c1-19(11-12-5-7-17-8-6-12)15-13(10-16)20-9-3-2-4-14(20)18-15/h2-9H,10-11,16H2,1H3. The Balaban J connectivity index is 1.97. The first-order valence-corrected chi connectivity index (χ1v) is 6.55. The monoisotopic (exact) mass is 267 g/mol. The van der Waals surface area contributed by atoms with Gasteiger partial charge >= 0.3 is 0 Å². The van der Waals surface area contributed by atoms with Crippen LogP contribution in [0.25, 0.3) is 5.65 Å². The molecule has 0 fully saturated rings. The molecule has 2 N–H and O–H groups in total. The number of anilines is 1. The molecule has 102 valence electrons. The van der Waals surface area contributed by atoms with Gasteiger partial charge in [-0.25, -0.2) is 4.98 Å². The predicted molar refractivity (Wildman–Crippen MR) is 79.4 cm³/mol. The van der Waals surface area contributed by atoms with E-state index in [2.05, 4.69) is 14.9 Å². The molecule has 0 saturated carbocycles. The summed E-state index contributed by atoms with van der Waals surface area (Å²) in [5, 5.41) is 0. The summed E-state index contributed by atoms with van der Waals surface area (Å²) in [5.74, 6) is 0.926. The van der Waals surface area contributed by atoms with Crippen LogP contribution in [0.15, 0.2) is 48.9 Å². The fourth-order valence-electron chi connectivity index (χ4n) is 2.37. The number of nitrogens with zero attached hydrogens (tertiary/aromatic N) is 4. The molecule has 3 aromatic rings. The van der Waals surface area contributed by atoms with Crippen LogP contribution in [-0.4, -0.2) is 21.4 Å². The number of hydrogen-bond acceptors (Lipinski definition) is 4. The molecule has 5 heteroatoms. The number of imidazole rings is 1. The topological polar surface area (TPSA) is 59.5 Å². The molecule has 0 radical (unpaired) electrons. The van der Waals surface area contributed by atoms with Crippen LogP contribution in [0.1, 0.15) is 11.3 Å². The van der Waals surface area contributed by atoms with Gasteiger partial charge in [-0.2, -0.15) is 0 Å². The summed E-state index contributed by atoms with van der Waals surface area (Å²) < 4.78 is 2.04. The molecule has 0 bridgehead atoms. The summed E-state index contributed by atoms with van der Waals surface area (Å²) in [4.78, 5) is 10.8. The minimum atomic E-state index is 0.460. The molecule has 0 aliphatic heterocycles. The zero-order valence-electron chi connectivity index (χ0n) is 11.4. The molecular weight excluding hydrogens is 250 g/mol. The van der Waals surface area contributed by atoms with Gasteiger partial charge in [-0.15, -0.1) is 0 Å². The predicted octanol–water partition coefficient (Wildman–Crippen LogP) is 1.82. The van der Waals surface area contributed by atoms with Gasteiger partial charge in [-0.05, 0) is 29.8 Å². The lowest BCUT2D eigenvalue weighted by Crippen LogP contribution is -2.19. The van der Waals surface area contributed by atoms with E-state index in [-0.39, 0.29) is 0 Å². The minimum Gasteiger partial charge on any atom is -0.354 e. The third-order valence-electron chi connectivity index (χ3n) is 3.33. The fraction of sp³-hybridized carbons (Fsp3) is 0.200. The molecule has 0 spiro atoms. The quantitative estimate of drug-likeness (QED) is 0.783. The van der Waals surface area contributed by atoms with Gasteiger partial charge in [-0.1, -0.05) is 6.07 Å². The summed E-state index contributed by atoms with van der Waals surface area (Å²) in [6.45, 7) is 1.24. The van der Waals surface area contributed by atoms with Gasteiger partial charge in [0.25, 0.3) is 0 Å². The lowest BCUT2D eigenvalue weighted by atomic mass is 10.2. The van der Waals surface area contributed by atoms with Crippen LogP contribution >= 0.6 is 0 Å². The lowest BCUT2D eigenvalue weighted by Gasteiger charge is -2.18. The third kappa shape index (κ3) is 2.23.